The maximum absolute atomic E-state index is 13.6. The van der Waals surface area contributed by atoms with Gasteiger partial charge in [-0.2, -0.15) is 0 Å². The summed E-state index contributed by atoms with van der Waals surface area (Å²) in [6.07, 6.45) is 0.0113. The van der Waals surface area contributed by atoms with Crippen molar-refractivity contribution in [3.63, 3.8) is 0 Å². The zero-order chi connectivity index (χ0) is 14.2. The van der Waals surface area contributed by atoms with Crippen molar-refractivity contribution in [3.05, 3.63) is 64.0 Å². The molecule has 0 fully saturated rings. The number of aryl methyl sites for hydroxylation is 2. The molecule has 100 valence electrons. The molecule has 0 aromatic heterocycles. The van der Waals surface area contributed by atoms with E-state index in [2.05, 4.69) is 0 Å². The van der Waals surface area contributed by atoms with Crippen molar-refractivity contribution >= 4 is 0 Å². The van der Waals surface area contributed by atoms with Gasteiger partial charge in [-0.25, -0.2) is 13.2 Å². The van der Waals surface area contributed by atoms with Gasteiger partial charge >= 0.3 is 0 Å². The highest BCUT2D eigenvalue weighted by atomic mass is 19.2. The molecule has 0 heterocycles. The lowest BCUT2D eigenvalue weighted by Gasteiger charge is -2.10. The number of benzene rings is 2. The predicted molar refractivity (Wildman–Crippen MR) is 66.7 cm³/mol. The van der Waals surface area contributed by atoms with Crippen molar-refractivity contribution in [2.45, 2.75) is 20.3 Å². The fraction of sp³-hybridized carbons (Fsp3) is 0.200. The van der Waals surface area contributed by atoms with E-state index in [0.717, 1.165) is 11.6 Å². The van der Waals surface area contributed by atoms with Gasteiger partial charge in [-0.1, -0.05) is 17.7 Å². The van der Waals surface area contributed by atoms with E-state index in [-0.39, 0.29) is 17.7 Å². The molecular weight excluding hydrogens is 253 g/mol. The normalized spacial score (nSPS) is 10.8. The number of hydrogen-bond donors (Lipinski definition) is 1. The summed E-state index contributed by atoms with van der Waals surface area (Å²) in [7, 11) is 0. The quantitative estimate of drug-likeness (QED) is 0.814. The molecule has 0 spiro atoms. The summed E-state index contributed by atoms with van der Waals surface area (Å²) in [5, 5.41) is 9.91. The van der Waals surface area contributed by atoms with E-state index in [1.54, 1.807) is 19.1 Å². The second-order valence-corrected chi connectivity index (χ2v) is 4.62. The number of halogens is 3. The second-order valence-electron chi connectivity index (χ2n) is 4.62. The summed E-state index contributed by atoms with van der Waals surface area (Å²) in [4.78, 5) is 0. The van der Waals surface area contributed by atoms with Crippen LogP contribution in [0.3, 0.4) is 0 Å². The van der Waals surface area contributed by atoms with Crippen LogP contribution in [-0.2, 0) is 6.42 Å². The highest BCUT2D eigenvalue weighted by Gasteiger charge is 2.13. The molecule has 4 heteroatoms. The first-order valence-corrected chi connectivity index (χ1v) is 5.81. The summed E-state index contributed by atoms with van der Waals surface area (Å²) < 4.78 is 39.5. The minimum atomic E-state index is -1.22. The first kappa shape index (κ1) is 13.5. The summed E-state index contributed by atoms with van der Waals surface area (Å²) in [6, 6.07) is 4.83. The van der Waals surface area contributed by atoms with Gasteiger partial charge in [0.1, 0.15) is 11.6 Å². The van der Waals surface area contributed by atoms with Crippen molar-refractivity contribution < 1.29 is 18.3 Å². The van der Waals surface area contributed by atoms with Crippen molar-refractivity contribution in [3.8, 4) is 5.75 Å². The van der Waals surface area contributed by atoms with E-state index in [4.69, 9.17) is 0 Å². The zero-order valence-corrected chi connectivity index (χ0v) is 10.6. The van der Waals surface area contributed by atoms with Crippen molar-refractivity contribution in [1.29, 1.82) is 0 Å². The maximum atomic E-state index is 13.6. The van der Waals surface area contributed by atoms with Gasteiger partial charge in [-0.15, -0.1) is 0 Å². The fourth-order valence-electron chi connectivity index (χ4n) is 2.09. The van der Waals surface area contributed by atoms with Gasteiger partial charge in [-0.05, 0) is 36.6 Å². The van der Waals surface area contributed by atoms with Gasteiger partial charge in [0, 0.05) is 12.5 Å². The van der Waals surface area contributed by atoms with Crippen LogP contribution in [0, 0.1) is 31.3 Å². The molecule has 0 aliphatic carbocycles. The Kier molecular flexibility index (Phi) is 3.51. The number of phenolic OH excluding ortho intramolecular Hbond substituents is 1. The monoisotopic (exact) mass is 266 g/mol. The van der Waals surface area contributed by atoms with Gasteiger partial charge in [0.05, 0.1) is 0 Å². The molecule has 2 aromatic rings. The van der Waals surface area contributed by atoms with Crippen LogP contribution in [0.25, 0.3) is 0 Å². The third kappa shape index (κ3) is 2.72. The molecular formula is C15H13F3O. The molecule has 0 radical (unpaired) electrons. The average molecular weight is 266 g/mol. The van der Waals surface area contributed by atoms with Crippen molar-refractivity contribution in [2.24, 2.45) is 0 Å². The molecule has 0 aliphatic rings. The Hall–Kier alpha value is -1.97. The van der Waals surface area contributed by atoms with Crippen LogP contribution in [0.4, 0.5) is 13.2 Å². The van der Waals surface area contributed by atoms with Gasteiger partial charge in [0.25, 0.3) is 0 Å². The number of hydrogen-bond acceptors (Lipinski definition) is 1. The van der Waals surface area contributed by atoms with E-state index < -0.39 is 17.5 Å². The molecule has 0 amide bonds. The van der Waals surface area contributed by atoms with E-state index >= 15 is 0 Å². The van der Waals surface area contributed by atoms with Crippen LogP contribution < -0.4 is 0 Å². The molecule has 0 aliphatic heterocycles. The lowest BCUT2D eigenvalue weighted by Crippen LogP contribution is -1.98. The van der Waals surface area contributed by atoms with Crippen molar-refractivity contribution in [2.75, 3.05) is 0 Å². The Morgan fingerprint density at radius 1 is 0.842 bits per heavy atom. The zero-order valence-electron chi connectivity index (χ0n) is 10.6. The average Bonchev–Trinajstić information content (AvgIpc) is 2.32. The van der Waals surface area contributed by atoms with Crippen LogP contribution in [0.2, 0.25) is 0 Å². The number of phenols is 1. The lowest BCUT2D eigenvalue weighted by atomic mass is 9.99. The second kappa shape index (κ2) is 4.96. The minimum Gasteiger partial charge on any atom is -0.507 e. The summed E-state index contributed by atoms with van der Waals surface area (Å²) in [5.74, 6) is -3.08. The first-order chi connectivity index (χ1) is 8.88. The largest absolute Gasteiger partial charge is 0.507 e. The molecule has 0 saturated heterocycles. The summed E-state index contributed by atoms with van der Waals surface area (Å²) in [6.45, 7) is 3.57. The maximum Gasteiger partial charge on any atom is 0.161 e. The van der Waals surface area contributed by atoms with Crippen LogP contribution >= 0.6 is 0 Å². The molecule has 2 aromatic carbocycles. The molecule has 0 bridgehead atoms. The molecule has 19 heavy (non-hydrogen) atoms. The topological polar surface area (TPSA) is 20.2 Å². The number of rotatable bonds is 2. The standard InChI is InChI=1S/C15H13F3O/c1-8-3-9(2)15(19)11(4-8)5-10-6-13(17)14(18)7-12(10)16/h3-4,6-7,19H,5H2,1-2H3. The van der Waals surface area contributed by atoms with Crippen LogP contribution in [0.1, 0.15) is 22.3 Å². The van der Waals surface area contributed by atoms with E-state index in [1.165, 1.54) is 0 Å². The highest BCUT2D eigenvalue weighted by molar-refractivity contribution is 5.45. The molecule has 1 nitrogen and oxygen atoms in total. The van der Waals surface area contributed by atoms with Crippen LogP contribution in [-0.4, -0.2) is 5.11 Å². The van der Waals surface area contributed by atoms with Gasteiger partial charge in [-0.3, -0.25) is 0 Å². The summed E-state index contributed by atoms with van der Waals surface area (Å²) in [5.41, 5.74) is 2.08. The van der Waals surface area contributed by atoms with Gasteiger partial charge in [0.15, 0.2) is 11.6 Å². The molecule has 0 saturated carbocycles. The SMILES string of the molecule is Cc1cc(C)c(O)c(Cc2cc(F)c(F)cc2F)c1. The Balaban J connectivity index is 2.44. The molecule has 0 unspecified atom stereocenters. The Bertz CT molecular complexity index is 636. The fourth-order valence-corrected chi connectivity index (χ4v) is 2.09. The third-order valence-electron chi connectivity index (χ3n) is 2.99. The predicted octanol–water partition coefficient (Wildman–Crippen LogP) is 4.02. The summed E-state index contributed by atoms with van der Waals surface area (Å²) >= 11 is 0. The first-order valence-electron chi connectivity index (χ1n) is 5.81. The number of aromatic hydroxyl groups is 1. The van der Waals surface area contributed by atoms with Crippen LogP contribution in [0.15, 0.2) is 24.3 Å². The van der Waals surface area contributed by atoms with Crippen LogP contribution in [0.5, 0.6) is 5.75 Å². The van der Waals surface area contributed by atoms with Crippen molar-refractivity contribution in [1.82, 2.24) is 0 Å². The third-order valence-corrected chi connectivity index (χ3v) is 2.99. The van der Waals surface area contributed by atoms with E-state index in [1.807, 2.05) is 6.92 Å². The smallest absolute Gasteiger partial charge is 0.161 e. The van der Waals surface area contributed by atoms with E-state index in [0.29, 0.717) is 17.2 Å². The Morgan fingerprint density at radius 2 is 1.47 bits per heavy atom. The van der Waals surface area contributed by atoms with Gasteiger partial charge in [0.2, 0.25) is 0 Å². The Morgan fingerprint density at radius 3 is 2.16 bits per heavy atom. The highest BCUT2D eigenvalue weighted by Crippen LogP contribution is 2.27. The minimum absolute atomic E-state index is 0.0113. The lowest BCUT2D eigenvalue weighted by molar-refractivity contribution is 0.463. The molecule has 0 atom stereocenters. The molecule has 1 N–H and O–H groups in total. The van der Waals surface area contributed by atoms with Gasteiger partial charge < -0.3 is 5.11 Å². The Labute approximate surface area is 109 Å². The van der Waals surface area contributed by atoms with E-state index in [9.17, 15) is 18.3 Å². The molecule has 2 rings (SSSR count).